The molecule has 118 valence electrons. The van der Waals surface area contributed by atoms with Crippen molar-refractivity contribution in [2.24, 2.45) is 5.92 Å². The molecule has 0 aliphatic carbocycles. The molecule has 1 atom stereocenters. The smallest absolute Gasteiger partial charge is 0.200 e. The molecule has 2 fully saturated rings. The summed E-state index contributed by atoms with van der Waals surface area (Å²) in [6.45, 7) is 7.12. The minimum absolute atomic E-state index is 0.325. The Kier molecular flexibility index (Phi) is 3.95. The fourth-order valence-corrected chi connectivity index (χ4v) is 4.85. The van der Waals surface area contributed by atoms with Crippen LogP contribution in [0.25, 0.3) is 10.1 Å². The summed E-state index contributed by atoms with van der Waals surface area (Å²) in [6, 6.07) is 8.57. The number of benzene rings is 1. The SMILES string of the molecule is CC(CN1CCCC1)C1(c2csc3ccccc23)OCCO1. The second-order valence-corrected chi connectivity index (χ2v) is 7.33. The van der Waals surface area contributed by atoms with E-state index in [1.807, 2.05) is 0 Å². The van der Waals surface area contributed by atoms with Crippen molar-refractivity contribution in [3.63, 3.8) is 0 Å². The van der Waals surface area contributed by atoms with Crippen LogP contribution >= 0.6 is 11.3 Å². The summed E-state index contributed by atoms with van der Waals surface area (Å²) in [5.41, 5.74) is 1.22. The second-order valence-electron chi connectivity index (χ2n) is 6.42. The molecule has 2 aliphatic heterocycles. The zero-order valence-corrected chi connectivity index (χ0v) is 13.9. The molecular formula is C18H23NO2S. The molecule has 22 heavy (non-hydrogen) atoms. The van der Waals surface area contributed by atoms with Crippen LogP contribution in [-0.4, -0.2) is 37.7 Å². The highest BCUT2D eigenvalue weighted by Crippen LogP contribution is 2.44. The highest BCUT2D eigenvalue weighted by atomic mass is 32.1. The van der Waals surface area contributed by atoms with Gasteiger partial charge in [0.05, 0.1) is 13.2 Å². The first kappa shape index (κ1) is 14.6. The van der Waals surface area contributed by atoms with Gasteiger partial charge in [0.15, 0.2) is 5.79 Å². The molecule has 0 radical (unpaired) electrons. The number of thiophene rings is 1. The third-order valence-electron chi connectivity index (χ3n) is 4.95. The van der Waals surface area contributed by atoms with E-state index < -0.39 is 5.79 Å². The second kappa shape index (κ2) is 5.93. The van der Waals surface area contributed by atoms with E-state index in [4.69, 9.17) is 9.47 Å². The Labute approximate surface area is 135 Å². The van der Waals surface area contributed by atoms with E-state index in [9.17, 15) is 0 Å². The monoisotopic (exact) mass is 317 g/mol. The van der Waals surface area contributed by atoms with Crippen molar-refractivity contribution in [2.45, 2.75) is 25.6 Å². The first-order valence-electron chi connectivity index (χ1n) is 8.26. The molecule has 0 saturated carbocycles. The molecule has 1 aromatic carbocycles. The van der Waals surface area contributed by atoms with Crippen LogP contribution < -0.4 is 0 Å². The molecule has 3 heterocycles. The quantitative estimate of drug-likeness (QED) is 0.855. The van der Waals surface area contributed by atoms with Gasteiger partial charge in [-0.3, -0.25) is 0 Å². The number of fused-ring (bicyclic) bond motifs is 1. The van der Waals surface area contributed by atoms with Gasteiger partial charge in [-0.25, -0.2) is 0 Å². The van der Waals surface area contributed by atoms with Crippen molar-refractivity contribution in [1.82, 2.24) is 4.90 Å². The molecule has 0 amide bonds. The van der Waals surface area contributed by atoms with Crippen molar-refractivity contribution in [2.75, 3.05) is 32.8 Å². The molecule has 2 aliphatic rings. The van der Waals surface area contributed by atoms with Crippen LogP contribution in [0.4, 0.5) is 0 Å². The molecule has 1 unspecified atom stereocenters. The first-order chi connectivity index (χ1) is 10.8. The lowest BCUT2D eigenvalue weighted by Gasteiger charge is -2.35. The summed E-state index contributed by atoms with van der Waals surface area (Å²) >= 11 is 1.79. The minimum Gasteiger partial charge on any atom is -0.343 e. The predicted octanol–water partition coefficient (Wildman–Crippen LogP) is 3.83. The summed E-state index contributed by atoms with van der Waals surface area (Å²) in [5.74, 6) is -0.242. The molecule has 2 aromatic rings. The van der Waals surface area contributed by atoms with Gasteiger partial charge in [-0.05, 0) is 32.0 Å². The van der Waals surface area contributed by atoms with E-state index in [0.717, 1.165) is 6.54 Å². The van der Waals surface area contributed by atoms with Gasteiger partial charge in [-0.2, -0.15) is 0 Å². The van der Waals surface area contributed by atoms with Crippen molar-refractivity contribution in [3.05, 3.63) is 35.2 Å². The Morgan fingerprint density at radius 1 is 1.18 bits per heavy atom. The maximum atomic E-state index is 6.22. The Balaban J connectivity index is 1.69. The summed E-state index contributed by atoms with van der Waals surface area (Å²) in [4.78, 5) is 2.55. The van der Waals surface area contributed by atoms with Crippen LogP contribution in [0.5, 0.6) is 0 Å². The van der Waals surface area contributed by atoms with Crippen LogP contribution in [0, 0.1) is 5.92 Å². The van der Waals surface area contributed by atoms with E-state index in [0.29, 0.717) is 19.1 Å². The lowest BCUT2D eigenvalue weighted by atomic mass is 9.92. The van der Waals surface area contributed by atoms with Crippen LogP contribution in [0.3, 0.4) is 0 Å². The normalized spacial score (nSPS) is 23.3. The van der Waals surface area contributed by atoms with Gasteiger partial charge < -0.3 is 14.4 Å². The maximum Gasteiger partial charge on any atom is 0.200 e. The summed E-state index contributed by atoms with van der Waals surface area (Å²) in [5, 5.41) is 3.51. The Bertz CT molecular complexity index is 641. The average Bonchev–Trinajstić information content (AvgIpc) is 3.27. The van der Waals surface area contributed by atoms with Crippen LogP contribution in [0.2, 0.25) is 0 Å². The van der Waals surface area contributed by atoms with E-state index >= 15 is 0 Å². The van der Waals surface area contributed by atoms with Gasteiger partial charge in [0.25, 0.3) is 0 Å². The van der Waals surface area contributed by atoms with E-state index in [-0.39, 0.29) is 0 Å². The van der Waals surface area contributed by atoms with E-state index in [1.165, 1.54) is 41.6 Å². The van der Waals surface area contributed by atoms with Gasteiger partial charge in [0, 0.05) is 33.5 Å². The summed E-state index contributed by atoms with van der Waals surface area (Å²) in [7, 11) is 0. The molecule has 4 heteroatoms. The van der Waals surface area contributed by atoms with Gasteiger partial charge in [0.2, 0.25) is 0 Å². The van der Waals surface area contributed by atoms with E-state index in [2.05, 4.69) is 41.5 Å². The fraction of sp³-hybridized carbons (Fsp3) is 0.556. The Hall–Kier alpha value is -0.940. The third-order valence-corrected chi connectivity index (χ3v) is 5.92. The zero-order chi connectivity index (χ0) is 15.0. The molecule has 1 aromatic heterocycles. The van der Waals surface area contributed by atoms with Gasteiger partial charge >= 0.3 is 0 Å². The maximum absolute atomic E-state index is 6.22. The van der Waals surface area contributed by atoms with Crippen molar-refractivity contribution < 1.29 is 9.47 Å². The number of hydrogen-bond acceptors (Lipinski definition) is 4. The van der Waals surface area contributed by atoms with Crippen LogP contribution in [0.15, 0.2) is 29.6 Å². The number of likely N-dealkylation sites (tertiary alicyclic amines) is 1. The highest BCUT2D eigenvalue weighted by Gasteiger charge is 2.46. The number of nitrogens with zero attached hydrogens (tertiary/aromatic N) is 1. The first-order valence-corrected chi connectivity index (χ1v) is 9.14. The highest BCUT2D eigenvalue weighted by molar-refractivity contribution is 7.17. The number of ether oxygens (including phenoxy) is 2. The van der Waals surface area contributed by atoms with Gasteiger partial charge in [0.1, 0.15) is 0 Å². The van der Waals surface area contributed by atoms with Crippen LogP contribution in [-0.2, 0) is 15.3 Å². The molecule has 0 bridgehead atoms. The summed E-state index contributed by atoms with van der Waals surface area (Å²) < 4.78 is 13.8. The van der Waals surface area contributed by atoms with E-state index in [1.54, 1.807) is 11.3 Å². The Morgan fingerprint density at radius 3 is 2.68 bits per heavy atom. The lowest BCUT2D eigenvalue weighted by molar-refractivity contribution is -0.203. The molecular weight excluding hydrogens is 294 g/mol. The van der Waals surface area contributed by atoms with Crippen LogP contribution in [0.1, 0.15) is 25.3 Å². The molecule has 3 nitrogen and oxygen atoms in total. The number of rotatable bonds is 4. The predicted molar refractivity (Wildman–Crippen MR) is 90.2 cm³/mol. The van der Waals surface area contributed by atoms with Gasteiger partial charge in [-0.15, -0.1) is 11.3 Å². The largest absolute Gasteiger partial charge is 0.343 e. The van der Waals surface area contributed by atoms with Crippen molar-refractivity contribution in [3.8, 4) is 0 Å². The topological polar surface area (TPSA) is 21.7 Å². The fourth-order valence-electron chi connectivity index (χ4n) is 3.85. The average molecular weight is 317 g/mol. The molecule has 0 N–H and O–H groups in total. The van der Waals surface area contributed by atoms with Crippen molar-refractivity contribution in [1.29, 1.82) is 0 Å². The third kappa shape index (κ3) is 2.38. The molecule has 2 saturated heterocycles. The summed E-state index contributed by atoms with van der Waals surface area (Å²) in [6.07, 6.45) is 2.64. The van der Waals surface area contributed by atoms with Crippen molar-refractivity contribution >= 4 is 21.4 Å². The standard InChI is InChI=1S/C18H23NO2S/c1-14(12-19-8-4-5-9-19)18(20-10-11-21-18)16-13-22-17-7-3-2-6-15(16)17/h2-3,6-7,13-14H,4-5,8-12H2,1H3. The zero-order valence-electron chi connectivity index (χ0n) is 13.1. The Morgan fingerprint density at radius 2 is 1.91 bits per heavy atom. The molecule has 4 rings (SSSR count). The minimum atomic E-state index is -0.567. The molecule has 0 spiro atoms. The van der Waals surface area contributed by atoms with Gasteiger partial charge in [-0.1, -0.05) is 25.1 Å². The lowest BCUT2D eigenvalue weighted by Crippen LogP contribution is -2.41. The number of hydrogen-bond donors (Lipinski definition) is 0.